The molecule has 2 rings (SSSR count). The maximum Gasteiger partial charge on any atom is 0.416 e. The number of hydrogen-bond acceptors (Lipinski definition) is 3. The molecule has 0 fully saturated rings. The van der Waals surface area contributed by atoms with E-state index < -0.39 is 16.7 Å². The number of alkyl halides is 3. The van der Waals surface area contributed by atoms with Crippen LogP contribution in [-0.2, 0) is 12.6 Å². The maximum absolute atomic E-state index is 12.4. The van der Waals surface area contributed by atoms with Crippen molar-refractivity contribution in [2.45, 2.75) is 12.6 Å². The Morgan fingerprint density at radius 2 is 1.77 bits per heavy atom. The Bertz CT molecular complexity index is 655. The zero-order valence-corrected chi connectivity index (χ0v) is 11.4. The molecule has 116 valence electrons. The van der Waals surface area contributed by atoms with Gasteiger partial charge >= 0.3 is 6.18 Å². The van der Waals surface area contributed by atoms with Crippen LogP contribution in [0.15, 0.2) is 48.5 Å². The van der Waals surface area contributed by atoms with E-state index in [0.717, 1.165) is 17.7 Å². The number of halogens is 3. The number of hydrogen-bond donors (Lipinski definition) is 1. The molecule has 0 atom stereocenters. The molecule has 7 heteroatoms. The zero-order valence-electron chi connectivity index (χ0n) is 11.4. The first-order valence-corrected chi connectivity index (χ1v) is 6.51. The van der Waals surface area contributed by atoms with Gasteiger partial charge in [0.2, 0.25) is 0 Å². The summed E-state index contributed by atoms with van der Waals surface area (Å²) in [7, 11) is 0. The third kappa shape index (κ3) is 4.21. The lowest BCUT2D eigenvalue weighted by Crippen LogP contribution is -2.07. The highest BCUT2D eigenvalue weighted by Gasteiger charge is 2.29. The van der Waals surface area contributed by atoms with E-state index in [0.29, 0.717) is 18.7 Å². The molecule has 0 saturated heterocycles. The lowest BCUT2D eigenvalue weighted by Gasteiger charge is -2.09. The van der Waals surface area contributed by atoms with Crippen molar-refractivity contribution in [1.82, 2.24) is 0 Å². The normalized spacial score (nSPS) is 11.2. The lowest BCUT2D eigenvalue weighted by molar-refractivity contribution is -0.384. The summed E-state index contributed by atoms with van der Waals surface area (Å²) in [6, 6.07) is 11.0. The summed E-state index contributed by atoms with van der Waals surface area (Å²) in [5, 5.41) is 13.6. The first-order valence-electron chi connectivity index (χ1n) is 6.51. The van der Waals surface area contributed by atoms with Gasteiger partial charge in [0.05, 0.1) is 10.5 Å². The number of non-ortho nitro benzene ring substituents is 1. The Balaban J connectivity index is 1.91. The summed E-state index contributed by atoms with van der Waals surface area (Å²) >= 11 is 0. The van der Waals surface area contributed by atoms with Crippen LogP contribution in [0.2, 0.25) is 0 Å². The SMILES string of the molecule is O=[N+]([O-])c1cccc(CCNc2ccc(C(F)(F)F)cc2)c1. The lowest BCUT2D eigenvalue weighted by atomic mass is 10.1. The van der Waals surface area contributed by atoms with Gasteiger partial charge in [-0.3, -0.25) is 10.1 Å². The van der Waals surface area contributed by atoms with Gasteiger partial charge in [-0.1, -0.05) is 12.1 Å². The molecule has 0 aliphatic rings. The van der Waals surface area contributed by atoms with Crippen LogP contribution in [0.3, 0.4) is 0 Å². The Kier molecular flexibility index (Phi) is 4.65. The Morgan fingerprint density at radius 3 is 2.36 bits per heavy atom. The second kappa shape index (κ2) is 6.46. The molecule has 0 radical (unpaired) electrons. The summed E-state index contributed by atoms with van der Waals surface area (Å²) < 4.78 is 37.3. The average Bonchev–Trinajstić information content (AvgIpc) is 2.47. The molecule has 4 nitrogen and oxygen atoms in total. The Hall–Kier alpha value is -2.57. The largest absolute Gasteiger partial charge is 0.416 e. The molecule has 0 amide bonds. The van der Waals surface area contributed by atoms with Crippen LogP contribution in [0.4, 0.5) is 24.5 Å². The molecule has 2 aromatic carbocycles. The van der Waals surface area contributed by atoms with Crippen LogP contribution < -0.4 is 5.32 Å². The van der Waals surface area contributed by atoms with Crippen LogP contribution >= 0.6 is 0 Å². The quantitative estimate of drug-likeness (QED) is 0.663. The standard InChI is InChI=1S/C15H13F3N2O2/c16-15(17,18)12-4-6-13(7-5-12)19-9-8-11-2-1-3-14(10-11)20(21)22/h1-7,10,19H,8-9H2. The van der Waals surface area contributed by atoms with Gasteiger partial charge in [0.15, 0.2) is 0 Å². The first kappa shape index (κ1) is 15.8. The predicted octanol–water partition coefficient (Wildman–Crippen LogP) is 4.27. The van der Waals surface area contributed by atoms with E-state index in [1.54, 1.807) is 12.1 Å². The van der Waals surface area contributed by atoms with Crippen molar-refractivity contribution in [2.75, 3.05) is 11.9 Å². The topological polar surface area (TPSA) is 55.2 Å². The smallest absolute Gasteiger partial charge is 0.385 e. The molecule has 0 saturated carbocycles. The number of nitrogens with zero attached hydrogens (tertiary/aromatic N) is 1. The number of nitrogens with one attached hydrogen (secondary N) is 1. The molecule has 0 aliphatic carbocycles. The number of benzene rings is 2. The molecule has 22 heavy (non-hydrogen) atoms. The minimum atomic E-state index is -4.35. The highest BCUT2D eigenvalue weighted by atomic mass is 19.4. The van der Waals surface area contributed by atoms with E-state index in [1.807, 2.05) is 0 Å². The first-order chi connectivity index (χ1) is 10.4. The fourth-order valence-corrected chi connectivity index (χ4v) is 1.95. The summed E-state index contributed by atoms with van der Waals surface area (Å²) in [5.74, 6) is 0. The summed E-state index contributed by atoms with van der Waals surface area (Å²) in [6.07, 6.45) is -3.82. The van der Waals surface area contributed by atoms with Crippen molar-refractivity contribution < 1.29 is 18.1 Å². The van der Waals surface area contributed by atoms with E-state index in [-0.39, 0.29) is 5.69 Å². The van der Waals surface area contributed by atoms with E-state index in [1.165, 1.54) is 24.3 Å². The molecule has 0 spiro atoms. The van der Waals surface area contributed by atoms with E-state index in [9.17, 15) is 23.3 Å². The van der Waals surface area contributed by atoms with Gasteiger partial charge in [0, 0.05) is 24.4 Å². The minimum Gasteiger partial charge on any atom is -0.385 e. The molecule has 2 aromatic rings. The second-order valence-electron chi connectivity index (χ2n) is 4.68. The molecule has 0 bridgehead atoms. The van der Waals surface area contributed by atoms with E-state index >= 15 is 0 Å². The van der Waals surface area contributed by atoms with Crippen LogP contribution in [0, 0.1) is 10.1 Å². The van der Waals surface area contributed by atoms with Gasteiger partial charge in [0.1, 0.15) is 0 Å². The maximum atomic E-state index is 12.4. The fraction of sp³-hybridized carbons (Fsp3) is 0.200. The van der Waals surface area contributed by atoms with Gasteiger partial charge in [-0.2, -0.15) is 13.2 Å². The van der Waals surface area contributed by atoms with Crippen molar-refractivity contribution >= 4 is 11.4 Å². The van der Waals surface area contributed by atoms with E-state index in [2.05, 4.69) is 5.32 Å². The van der Waals surface area contributed by atoms with Gasteiger partial charge in [0.25, 0.3) is 5.69 Å². The van der Waals surface area contributed by atoms with Gasteiger partial charge in [-0.05, 0) is 36.2 Å². The molecule has 0 heterocycles. The van der Waals surface area contributed by atoms with Crippen molar-refractivity contribution in [3.8, 4) is 0 Å². The van der Waals surface area contributed by atoms with Crippen LogP contribution in [-0.4, -0.2) is 11.5 Å². The van der Waals surface area contributed by atoms with Crippen molar-refractivity contribution in [3.05, 3.63) is 69.8 Å². The van der Waals surface area contributed by atoms with Gasteiger partial charge in [-0.25, -0.2) is 0 Å². The van der Waals surface area contributed by atoms with Crippen LogP contribution in [0.5, 0.6) is 0 Å². The molecule has 0 aliphatic heterocycles. The fourth-order valence-electron chi connectivity index (χ4n) is 1.95. The highest BCUT2D eigenvalue weighted by molar-refractivity contribution is 5.45. The number of nitro groups is 1. The summed E-state index contributed by atoms with van der Waals surface area (Å²) in [6.45, 7) is 0.465. The number of rotatable bonds is 5. The van der Waals surface area contributed by atoms with Gasteiger partial charge < -0.3 is 5.32 Å². The number of anilines is 1. The van der Waals surface area contributed by atoms with Crippen molar-refractivity contribution in [2.24, 2.45) is 0 Å². The average molecular weight is 310 g/mol. The van der Waals surface area contributed by atoms with Crippen molar-refractivity contribution in [3.63, 3.8) is 0 Å². The Labute approximate surface area is 124 Å². The molecule has 1 N–H and O–H groups in total. The summed E-state index contributed by atoms with van der Waals surface area (Å²) in [5.41, 5.74) is 0.677. The monoisotopic (exact) mass is 310 g/mol. The van der Waals surface area contributed by atoms with Crippen LogP contribution in [0.25, 0.3) is 0 Å². The van der Waals surface area contributed by atoms with E-state index in [4.69, 9.17) is 0 Å². The van der Waals surface area contributed by atoms with Crippen molar-refractivity contribution in [1.29, 1.82) is 0 Å². The minimum absolute atomic E-state index is 0.0204. The van der Waals surface area contributed by atoms with Gasteiger partial charge in [-0.15, -0.1) is 0 Å². The molecular formula is C15H13F3N2O2. The Morgan fingerprint density at radius 1 is 1.09 bits per heavy atom. The molecular weight excluding hydrogens is 297 g/mol. The second-order valence-corrected chi connectivity index (χ2v) is 4.68. The predicted molar refractivity (Wildman–Crippen MR) is 76.7 cm³/mol. The third-order valence-electron chi connectivity index (χ3n) is 3.08. The summed E-state index contributed by atoms with van der Waals surface area (Å²) in [4.78, 5) is 10.2. The van der Waals surface area contributed by atoms with Crippen LogP contribution in [0.1, 0.15) is 11.1 Å². The highest BCUT2D eigenvalue weighted by Crippen LogP contribution is 2.29. The molecule has 0 unspecified atom stereocenters. The number of nitro benzene ring substituents is 1. The zero-order chi connectivity index (χ0) is 16.2. The third-order valence-corrected chi connectivity index (χ3v) is 3.08. The molecule has 0 aromatic heterocycles.